The fourth-order valence-corrected chi connectivity index (χ4v) is 4.47. The molecule has 0 spiro atoms. The van der Waals surface area contributed by atoms with Gasteiger partial charge >= 0.3 is 5.69 Å². The van der Waals surface area contributed by atoms with Crippen LogP contribution in [0.3, 0.4) is 0 Å². The Kier molecular flexibility index (Phi) is 5.86. The van der Waals surface area contributed by atoms with Crippen LogP contribution in [0.1, 0.15) is 18.9 Å². The van der Waals surface area contributed by atoms with Crippen LogP contribution in [0.4, 0.5) is 0 Å². The van der Waals surface area contributed by atoms with Crippen molar-refractivity contribution in [1.29, 1.82) is 0 Å². The molecule has 33 heavy (non-hydrogen) atoms. The van der Waals surface area contributed by atoms with Crippen molar-refractivity contribution in [2.24, 2.45) is 7.05 Å². The molecule has 0 unspecified atom stereocenters. The molecule has 1 aliphatic heterocycles. The lowest BCUT2D eigenvalue weighted by Crippen LogP contribution is -2.26. The molecule has 1 aliphatic rings. The van der Waals surface area contributed by atoms with Crippen LogP contribution in [0, 0.1) is 0 Å². The molecule has 4 heterocycles. The van der Waals surface area contributed by atoms with E-state index in [1.165, 1.54) is 0 Å². The van der Waals surface area contributed by atoms with E-state index in [1.54, 1.807) is 17.8 Å². The number of nitrogens with zero attached hydrogens (tertiary/aromatic N) is 5. The summed E-state index contributed by atoms with van der Waals surface area (Å²) in [5.41, 5.74) is 4.59. The molecular formula is C25H29N5O3. The topological polar surface area (TPSA) is 74.4 Å². The largest absolute Gasteiger partial charge is 0.478 e. The van der Waals surface area contributed by atoms with E-state index in [0.29, 0.717) is 25.7 Å². The van der Waals surface area contributed by atoms with Gasteiger partial charge in [0.05, 0.1) is 42.0 Å². The molecule has 172 valence electrons. The Labute approximate surface area is 192 Å². The number of hydrogen-bond acceptors (Lipinski definition) is 6. The van der Waals surface area contributed by atoms with E-state index in [4.69, 9.17) is 9.47 Å². The zero-order chi connectivity index (χ0) is 22.9. The van der Waals surface area contributed by atoms with Crippen LogP contribution in [0.25, 0.3) is 33.1 Å². The number of pyridine rings is 2. The normalized spacial score (nSPS) is 16.3. The standard InChI is InChI=1S/C25H29N5O3/c1-28(2)10-4-11-33-23-8-6-18(14-27-23)17-5-7-21-20(13-17)24-22(15-26-21)29(3)25(31)30(24)19-9-12-32-16-19/h5-8,13-15,19H,4,9-12,16H2,1-3H3/t19-/m1/s1. The molecule has 3 aromatic heterocycles. The molecule has 0 amide bonds. The average Bonchev–Trinajstić information content (AvgIpc) is 3.44. The maximum atomic E-state index is 13.1. The monoisotopic (exact) mass is 447 g/mol. The first kappa shape index (κ1) is 21.6. The van der Waals surface area contributed by atoms with Gasteiger partial charge in [0.15, 0.2) is 0 Å². The van der Waals surface area contributed by atoms with Crippen molar-refractivity contribution in [3.63, 3.8) is 0 Å². The van der Waals surface area contributed by atoms with Gasteiger partial charge in [0.1, 0.15) is 0 Å². The molecule has 4 aromatic rings. The zero-order valence-corrected chi connectivity index (χ0v) is 19.3. The van der Waals surface area contributed by atoms with Crippen molar-refractivity contribution in [3.8, 4) is 17.0 Å². The van der Waals surface area contributed by atoms with Crippen molar-refractivity contribution >= 4 is 21.9 Å². The highest BCUT2D eigenvalue weighted by atomic mass is 16.5. The molecule has 1 atom stereocenters. The number of rotatable bonds is 7. The Morgan fingerprint density at radius 1 is 1.15 bits per heavy atom. The number of ether oxygens (including phenoxy) is 2. The average molecular weight is 448 g/mol. The van der Waals surface area contributed by atoms with Crippen LogP contribution >= 0.6 is 0 Å². The van der Waals surface area contributed by atoms with Gasteiger partial charge in [-0.15, -0.1) is 0 Å². The van der Waals surface area contributed by atoms with Crippen molar-refractivity contribution < 1.29 is 9.47 Å². The van der Waals surface area contributed by atoms with Crippen LogP contribution in [0.15, 0.2) is 47.5 Å². The van der Waals surface area contributed by atoms with E-state index in [0.717, 1.165) is 52.4 Å². The summed E-state index contributed by atoms with van der Waals surface area (Å²) in [7, 11) is 5.90. The van der Waals surface area contributed by atoms with Gasteiger partial charge in [0.25, 0.3) is 0 Å². The minimum Gasteiger partial charge on any atom is -0.478 e. The van der Waals surface area contributed by atoms with E-state index >= 15 is 0 Å². The zero-order valence-electron chi connectivity index (χ0n) is 19.3. The van der Waals surface area contributed by atoms with Crippen molar-refractivity contribution in [2.75, 3.05) is 40.5 Å². The van der Waals surface area contributed by atoms with Gasteiger partial charge in [0, 0.05) is 43.4 Å². The number of imidazole rings is 1. The fraction of sp³-hybridized carbons (Fsp3) is 0.400. The van der Waals surface area contributed by atoms with Gasteiger partial charge in [0.2, 0.25) is 5.88 Å². The second-order valence-corrected chi connectivity index (χ2v) is 8.84. The lowest BCUT2D eigenvalue weighted by molar-refractivity contribution is 0.186. The minimum atomic E-state index is -0.0300. The maximum absolute atomic E-state index is 13.1. The summed E-state index contributed by atoms with van der Waals surface area (Å²) in [5, 5.41) is 0.957. The highest BCUT2D eigenvalue weighted by molar-refractivity contribution is 6.04. The summed E-state index contributed by atoms with van der Waals surface area (Å²) in [6.07, 6.45) is 5.41. The second-order valence-electron chi connectivity index (χ2n) is 8.84. The molecule has 8 nitrogen and oxygen atoms in total. The first-order chi connectivity index (χ1) is 16.0. The predicted octanol–water partition coefficient (Wildman–Crippen LogP) is 3.24. The second kappa shape index (κ2) is 8.96. The summed E-state index contributed by atoms with van der Waals surface area (Å²) in [4.78, 5) is 24.3. The SMILES string of the molecule is CN(C)CCCOc1ccc(-c2ccc3ncc4c(c3c2)n([C@@H]2CCOC2)c(=O)n4C)cn1. The van der Waals surface area contributed by atoms with Crippen molar-refractivity contribution in [3.05, 3.63) is 53.2 Å². The van der Waals surface area contributed by atoms with Gasteiger partial charge < -0.3 is 14.4 Å². The van der Waals surface area contributed by atoms with Crippen LogP contribution < -0.4 is 10.4 Å². The van der Waals surface area contributed by atoms with Crippen LogP contribution in [-0.2, 0) is 11.8 Å². The van der Waals surface area contributed by atoms with E-state index in [9.17, 15) is 4.79 Å². The van der Waals surface area contributed by atoms with E-state index in [2.05, 4.69) is 35.0 Å². The first-order valence-electron chi connectivity index (χ1n) is 11.3. The molecule has 0 saturated carbocycles. The van der Waals surface area contributed by atoms with Gasteiger partial charge in [-0.2, -0.15) is 0 Å². The third-order valence-corrected chi connectivity index (χ3v) is 6.26. The minimum absolute atomic E-state index is 0.0300. The Balaban J connectivity index is 1.51. The Hall–Kier alpha value is -3.23. The summed E-state index contributed by atoms with van der Waals surface area (Å²) in [5.74, 6) is 0.625. The predicted molar refractivity (Wildman–Crippen MR) is 129 cm³/mol. The summed E-state index contributed by atoms with van der Waals surface area (Å²) in [6.45, 7) is 2.86. The highest BCUT2D eigenvalue weighted by Gasteiger charge is 2.25. The maximum Gasteiger partial charge on any atom is 0.329 e. The Morgan fingerprint density at radius 3 is 2.73 bits per heavy atom. The smallest absolute Gasteiger partial charge is 0.329 e. The third kappa shape index (κ3) is 4.12. The Morgan fingerprint density at radius 2 is 2.00 bits per heavy atom. The summed E-state index contributed by atoms with van der Waals surface area (Å²) < 4.78 is 14.9. The molecule has 8 heteroatoms. The quantitative estimate of drug-likeness (QED) is 0.405. The number of aromatic nitrogens is 4. The number of fused-ring (bicyclic) bond motifs is 3. The lowest BCUT2D eigenvalue weighted by atomic mass is 10.0. The molecule has 1 aromatic carbocycles. The molecule has 5 rings (SSSR count). The highest BCUT2D eigenvalue weighted by Crippen LogP contribution is 2.31. The molecule has 0 aliphatic carbocycles. The van der Waals surface area contributed by atoms with E-state index < -0.39 is 0 Å². The van der Waals surface area contributed by atoms with E-state index in [-0.39, 0.29) is 11.7 Å². The van der Waals surface area contributed by atoms with Gasteiger partial charge in [-0.1, -0.05) is 6.07 Å². The fourth-order valence-electron chi connectivity index (χ4n) is 4.47. The molecule has 1 fully saturated rings. The molecule has 0 radical (unpaired) electrons. The Bertz CT molecular complexity index is 1330. The van der Waals surface area contributed by atoms with Gasteiger partial charge in [-0.05, 0) is 50.7 Å². The van der Waals surface area contributed by atoms with Crippen molar-refractivity contribution in [1.82, 2.24) is 24.0 Å². The van der Waals surface area contributed by atoms with E-state index in [1.807, 2.05) is 35.0 Å². The number of aryl methyl sites for hydroxylation is 1. The van der Waals surface area contributed by atoms with Gasteiger partial charge in [-0.3, -0.25) is 14.1 Å². The molecule has 0 bridgehead atoms. The number of benzene rings is 1. The summed E-state index contributed by atoms with van der Waals surface area (Å²) >= 11 is 0. The summed E-state index contributed by atoms with van der Waals surface area (Å²) in [6, 6.07) is 10.1. The van der Waals surface area contributed by atoms with Crippen molar-refractivity contribution in [2.45, 2.75) is 18.9 Å². The van der Waals surface area contributed by atoms with Crippen LogP contribution in [0.5, 0.6) is 5.88 Å². The lowest BCUT2D eigenvalue weighted by Gasteiger charge is -2.12. The van der Waals surface area contributed by atoms with Crippen LogP contribution in [-0.4, -0.2) is 64.5 Å². The third-order valence-electron chi connectivity index (χ3n) is 6.26. The molecule has 0 N–H and O–H groups in total. The first-order valence-corrected chi connectivity index (χ1v) is 11.3. The van der Waals surface area contributed by atoms with Crippen LogP contribution in [0.2, 0.25) is 0 Å². The number of hydrogen-bond donors (Lipinski definition) is 0. The van der Waals surface area contributed by atoms with Gasteiger partial charge in [-0.25, -0.2) is 9.78 Å². The molecule has 1 saturated heterocycles. The molecular weight excluding hydrogens is 418 g/mol.